The molecule has 0 spiro atoms. The fourth-order valence-electron chi connectivity index (χ4n) is 2.68. The van der Waals surface area contributed by atoms with Gasteiger partial charge in [0.25, 0.3) is 0 Å². The first-order valence-corrected chi connectivity index (χ1v) is 12.2. The minimum absolute atomic E-state index is 0.0348. The minimum Gasteiger partial charge on any atom is -0.475 e. The van der Waals surface area contributed by atoms with Gasteiger partial charge in [0, 0.05) is 52.4 Å². The number of nitrogens with two attached hydrogens (primary N) is 1. The molecule has 1 atom stereocenters. The highest BCUT2D eigenvalue weighted by Crippen LogP contribution is 2.14. The Morgan fingerprint density at radius 3 is 1.25 bits per heavy atom. The maximum absolute atomic E-state index is 12.7. The van der Waals surface area contributed by atoms with Crippen LogP contribution >= 0.6 is 0 Å². The third kappa shape index (κ3) is 22.9. The van der Waals surface area contributed by atoms with Crippen LogP contribution in [-0.2, 0) is 25.6 Å². The second-order valence-electron chi connectivity index (χ2n) is 8.28. The quantitative estimate of drug-likeness (QED) is 0.229. The molecule has 12 nitrogen and oxygen atoms in total. The molecule has 1 fully saturated rings. The maximum Gasteiger partial charge on any atom is 0.490 e. The molecule has 1 amide bonds. The molecule has 8 N–H and O–H groups in total. The number of carbonyl (C=O) groups excluding carboxylic acids is 1. The van der Waals surface area contributed by atoms with Gasteiger partial charge in [-0.15, -0.1) is 0 Å². The second-order valence-corrected chi connectivity index (χ2v) is 8.28. The average Bonchev–Trinajstić information content (AvgIpc) is 2.88. The smallest absolute Gasteiger partial charge is 0.475 e. The van der Waals surface area contributed by atoms with Gasteiger partial charge in [-0.2, -0.15) is 39.5 Å². The Labute approximate surface area is 244 Å². The van der Waals surface area contributed by atoms with Gasteiger partial charge in [-0.05, 0) is 12.0 Å². The van der Waals surface area contributed by atoms with E-state index >= 15 is 0 Å². The monoisotopic (exact) mass is 661 g/mol. The van der Waals surface area contributed by atoms with E-state index in [-0.39, 0.29) is 5.91 Å². The second kappa shape index (κ2) is 21.1. The van der Waals surface area contributed by atoms with Crippen LogP contribution < -0.4 is 21.7 Å². The lowest BCUT2D eigenvalue weighted by atomic mass is 10.1. The third-order valence-electron chi connectivity index (χ3n) is 4.73. The Morgan fingerprint density at radius 2 is 0.955 bits per heavy atom. The molecule has 1 saturated heterocycles. The van der Waals surface area contributed by atoms with Crippen molar-refractivity contribution in [3.05, 3.63) is 35.9 Å². The number of alkyl halides is 9. The molecule has 0 aromatic heterocycles. The summed E-state index contributed by atoms with van der Waals surface area (Å²) in [5.74, 6) is -8.24. The van der Waals surface area contributed by atoms with Gasteiger partial charge in [0.2, 0.25) is 5.91 Å². The number of amides is 1. The summed E-state index contributed by atoms with van der Waals surface area (Å²) < 4.78 is 95.2. The zero-order valence-corrected chi connectivity index (χ0v) is 22.7. The largest absolute Gasteiger partial charge is 0.490 e. The molecule has 1 aromatic carbocycles. The molecule has 254 valence electrons. The summed E-state index contributed by atoms with van der Waals surface area (Å²) in [6.45, 7) is 6.71. The highest BCUT2D eigenvalue weighted by molar-refractivity contribution is 5.82. The van der Waals surface area contributed by atoms with E-state index < -0.39 is 42.5 Å². The minimum atomic E-state index is -5.08. The lowest BCUT2D eigenvalue weighted by Gasteiger charge is -2.26. The molecule has 0 bridgehead atoms. The SMILES string of the molecule is N[C@@H](Cc1ccccc1)C(=O)N1CCNCCNCCNCC1.O=C(O)C(F)(F)F.O=C(O)C(F)(F)F.O=C(O)C(F)(F)F. The molecule has 0 aliphatic carbocycles. The Bertz CT molecular complexity index is 926. The molecule has 1 heterocycles. The van der Waals surface area contributed by atoms with Crippen molar-refractivity contribution < 1.29 is 74.0 Å². The molecule has 1 aliphatic rings. The Balaban J connectivity index is 0. The zero-order valence-electron chi connectivity index (χ0n) is 22.7. The molecule has 0 saturated carbocycles. The molecule has 1 aromatic rings. The van der Waals surface area contributed by atoms with Crippen LogP contribution in [0.1, 0.15) is 5.56 Å². The summed E-state index contributed by atoms with van der Waals surface area (Å²) in [4.78, 5) is 41.2. The van der Waals surface area contributed by atoms with E-state index in [1.54, 1.807) is 0 Å². The number of rotatable bonds is 3. The molecule has 2 rings (SSSR count). The summed E-state index contributed by atoms with van der Waals surface area (Å²) in [6.07, 6.45) is -14.7. The molecule has 21 heteroatoms. The highest BCUT2D eigenvalue weighted by atomic mass is 19.4. The van der Waals surface area contributed by atoms with Crippen molar-refractivity contribution in [2.75, 3.05) is 52.4 Å². The molecule has 0 unspecified atom stereocenters. The molecule has 44 heavy (non-hydrogen) atoms. The van der Waals surface area contributed by atoms with Crippen molar-refractivity contribution in [2.24, 2.45) is 5.73 Å². The van der Waals surface area contributed by atoms with Crippen molar-refractivity contribution in [3.63, 3.8) is 0 Å². The van der Waals surface area contributed by atoms with Gasteiger partial charge in [0.05, 0.1) is 6.04 Å². The van der Waals surface area contributed by atoms with Crippen molar-refractivity contribution in [2.45, 2.75) is 31.0 Å². The van der Waals surface area contributed by atoms with Crippen molar-refractivity contribution in [1.29, 1.82) is 0 Å². The first-order chi connectivity index (χ1) is 20.1. The van der Waals surface area contributed by atoms with Gasteiger partial charge in [0.15, 0.2) is 0 Å². The summed E-state index contributed by atoms with van der Waals surface area (Å²) in [6, 6.07) is 9.47. The van der Waals surface area contributed by atoms with Crippen molar-refractivity contribution >= 4 is 23.8 Å². The number of carboxylic acid groups (broad SMARTS) is 3. The number of benzene rings is 1. The van der Waals surface area contributed by atoms with Gasteiger partial charge >= 0.3 is 36.4 Å². The predicted octanol–water partition coefficient (Wildman–Crippen LogP) is 1.07. The number of hydrogen-bond donors (Lipinski definition) is 7. The predicted molar refractivity (Wildman–Crippen MR) is 134 cm³/mol. The van der Waals surface area contributed by atoms with E-state index in [9.17, 15) is 44.3 Å². The molecule has 1 aliphatic heterocycles. The van der Waals surface area contributed by atoms with Crippen LogP contribution in [0.15, 0.2) is 30.3 Å². The van der Waals surface area contributed by atoms with Gasteiger partial charge in [0.1, 0.15) is 0 Å². The topological polar surface area (TPSA) is 194 Å². The third-order valence-corrected chi connectivity index (χ3v) is 4.73. The van der Waals surface area contributed by atoms with Gasteiger partial charge in [-0.3, -0.25) is 4.79 Å². The fourth-order valence-corrected chi connectivity index (χ4v) is 2.68. The Kier molecular flexibility index (Phi) is 20.3. The van der Waals surface area contributed by atoms with E-state index in [2.05, 4.69) is 16.0 Å². The number of carbonyl (C=O) groups is 4. The molecular formula is C23H32F9N5O7. The number of hydrogen-bond acceptors (Lipinski definition) is 8. The van der Waals surface area contributed by atoms with E-state index in [4.69, 9.17) is 35.4 Å². The number of nitrogens with one attached hydrogen (secondary N) is 3. The summed E-state index contributed by atoms with van der Waals surface area (Å²) in [5.41, 5.74) is 7.26. The van der Waals surface area contributed by atoms with E-state index in [0.717, 1.165) is 44.8 Å². The van der Waals surface area contributed by atoms with Crippen LogP contribution in [0.2, 0.25) is 0 Å². The Morgan fingerprint density at radius 1 is 0.659 bits per heavy atom. The lowest BCUT2D eigenvalue weighted by molar-refractivity contribution is -0.193. The van der Waals surface area contributed by atoms with Crippen LogP contribution in [0.3, 0.4) is 0 Å². The lowest BCUT2D eigenvalue weighted by Crippen LogP contribution is -2.50. The van der Waals surface area contributed by atoms with Crippen LogP contribution in [-0.4, -0.2) is 121 Å². The fraction of sp³-hybridized carbons (Fsp3) is 0.565. The van der Waals surface area contributed by atoms with E-state index in [1.807, 2.05) is 35.2 Å². The van der Waals surface area contributed by atoms with Crippen LogP contribution in [0, 0.1) is 0 Å². The standard InChI is InChI=1S/C17H29N5O.3C2HF3O2/c18-16(14-15-4-2-1-3-5-15)17(23)22-12-10-20-8-6-19-7-9-21-11-13-22;3*3-2(4,5)1(6)7/h1-5,16,19-21H,6-14,18H2;3*(H,6,7)/t16-;;;/m0.../s1. The normalized spacial score (nSPS) is 15.5. The van der Waals surface area contributed by atoms with Gasteiger partial charge in [-0.25, -0.2) is 14.4 Å². The number of aliphatic carboxylic acids is 3. The van der Waals surface area contributed by atoms with Crippen LogP contribution in [0.5, 0.6) is 0 Å². The molecule has 0 radical (unpaired) electrons. The van der Waals surface area contributed by atoms with Crippen LogP contribution in [0.25, 0.3) is 0 Å². The highest BCUT2D eigenvalue weighted by Gasteiger charge is 2.39. The van der Waals surface area contributed by atoms with Gasteiger partial charge < -0.3 is 41.9 Å². The molecular weight excluding hydrogens is 629 g/mol. The van der Waals surface area contributed by atoms with E-state index in [0.29, 0.717) is 19.5 Å². The first kappa shape index (κ1) is 42.4. The number of carboxylic acids is 3. The first-order valence-electron chi connectivity index (χ1n) is 12.2. The van der Waals surface area contributed by atoms with Gasteiger partial charge in [-0.1, -0.05) is 30.3 Å². The van der Waals surface area contributed by atoms with Crippen molar-refractivity contribution in [3.8, 4) is 0 Å². The van der Waals surface area contributed by atoms with Crippen molar-refractivity contribution in [1.82, 2.24) is 20.9 Å². The summed E-state index contributed by atoms with van der Waals surface area (Å²) >= 11 is 0. The Hall–Kier alpha value is -3.69. The summed E-state index contributed by atoms with van der Waals surface area (Å²) in [5, 5.41) is 31.5. The maximum atomic E-state index is 12.7. The van der Waals surface area contributed by atoms with Crippen LogP contribution in [0.4, 0.5) is 39.5 Å². The number of nitrogens with zero attached hydrogens (tertiary/aromatic N) is 1. The summed E-state index contributed by atoms with van der Waals surface area (Å²) in [7, 11) is 0. The van der Waals surface area contributed by atoms with E-state index in [1.165, 1.54) is 0 Å². The zero-order chi connectivity index (χ0) is 34.6. The average molecular weight is 662 g/mol. The number of halogens is 9.